The van der Waals surface area contributed by atoms with Crippen LogP contribution in [0.4, 0.5) is 0 Å². The zero-order valence-corrected chi connectivity index (χ0v) is 8.97. The molecule has 0 spiro atoms. The van der Waals surface area contributed by atoms with E-state index in [9.17, 15) is 0 Å². The second-order valence-corrected chi connectivity index (χ2v) is 7.18. The first-order chi connectivity index (χ1) is 5.70. The summed E-state index contributed by atoms with van der Waals surface area (Å²) < 4.78 is 5.84. The molecule has 68 valence electrons. The average Bonchev–Trinajstić information content (AvgIpc) is 2.05. The Morgan fingerprint density at radius 3 is 3.00 bits per heavy atom. The van der Waals surface area contributed by atoms with Gasteiger partial charge in [0.1, 0.15) is 0 Å². The SMILES string of the molecule is CCCC1CCC[Si](C)(C#N)O1. The van der Waals surface area contributed by atoms with Crippen LogP contribution in [0.3, 0.4) is 0 Å². The monoisotopic (exact) mass is 183 g/mol. The van der Waals surface area contributed by atoms with Crippen LogP contribution in [0.1, 0.15) is 32.6 Å². The van der Waals surface area contributed by atoms with Gasteiger partial charge in [-0.05, 0) is 25.4 Å². The van der Waals surface area contributed by atoms with Crippen molar-refractivity contribution in [1.82, 2.24) is 0 Å². The predicted molar refractivity (Wildman–Crippen MR) is 51.1 cm³/mol. The van der Waals surface area contributed by atoms with E-state index in [0.717, 1.165) is 18.9 Å². The summed E-state index contributed by atoms with van der Waals surface area (Å²) in [5.74, 6) is 0. The molecule has 1 fully saturated rings. The van der Waals surface area contributed by atoms with Gasteiger partial charge in [0.15, 0.2) is 0 Å². The van der Waals surface area contributed by atoms with Crippen LogP contribution < -0.4 is 0 Å². The third-order valence-electron chi connectivity index (χ3n) is 2.45. The molecular formula is C9H17NOSi. The lowest BCUT2D eigenvalue weighted by Crippen LogP contribution is -2.41. The van der Waals surface area contributed by atoms with Gasteiger partial charge in [0.25, 0.3) is 0 Å². The van der Waals surface area contributed by atoms with E-state index < -0.39 is 8.32 Å². The third kappa shape index (κ3) is 2.33. The number of hydrogen-bond acceptors (Lipinski definition) is 2. The lowest BCUT2D eigenvalue weighted by Gasteiger charge is -2.31. The van der Waals surface area contributed by atoms with Gasteiger partial charge in [-0.25, -0.2) is 5.26 Å². The van der Waals surface area contributed by atoms with E-state index in [1.807, 2.05) is 6.55 Å². The van der Waals surface area contributed by atoms with Crippen molar-refractivity contribution in [3.8, 4) is 5.69 Å². The van der Waals surface area contributed by atoms with Crippen molar-refractivity contribution in [1.29, 1.82) is 5.26 Å². The fraction of sp³-hybridized carbons (Fsp3) is 0.889. The van der Waals surface area contributed by atoms with E-state index in [0.29, 0.717) is 6.10 Å². The van der Waals surface area contributed by atoms with Crippen LogP contribution in [-0.4, -0.2) is 14.4 Å². The Kier molecular flexibility index (Phi) is 3.30. The van der Waals surface area contributed by atoms with Crippen LogP contribution >= 0.6 is 0 Å². The van der Waals surface area contributed by atoms with E-state index in [4.69, 9.17) is 9.69 Å². The van der Waals surface area contributed by atoms with Crippen molar-refractivity contribution in [2.24, 2.45) is 0 Å². The molecule has 1 rings (SSSR count). The van der Waals surface area contributed by atoms with Crippen LogP contribution in [0.5, 0.6) is 0 Å². The maximum absolute atomic E-state index is 8.92. The topological polar surface area (TPSA) is 33.0 Å². The number of nitriles is 1. The normalized spacial score (nSPS) is 35.9. The molecule has 0 aliphatic carbocycles. The molecule has 0 amide bonds. The molecule has 0 bridgehead atoms. The largest absolute Gasteiger partial charge is 0.401 e. The summed E-state index contributed by atoms with van der Waals surface area (Å²) in [5.41, 5.74) is 2.39. The molecule has 2 atom stereocenters. The summed E-state index contributed by atoms with van der Waals surface area (Å²) in [5, 5.41) is 8.92. The molecule has 1 aliphatic rings. The molecule has 0 aromatic carbocycles. The Morgan fingerprint density at radius 2 is 2.42 bits per heavy atom. The average molecular weight is 183 g/mol. The van der Waals surface area contributed by atoms with Gasteiger partial charge in [0.05, 0.1) is 5.69 Å². The predicted octanol–water partition coefficient (Wildman–Crippen LogP) is 2.60. The van der Waals surface area contributed by atoms with Gasteiger partial charge < -0.3 is 4.43 Å². The quantitative estimate of drug-likeness (QED) is 0.616. The van der Waals surface area contributed by atoms with Gasteiger partial charge in [-0.2, -0.15) is 0 Å². The highest BCUT2D eigenvalue weighted by molar-refractivity contribution is 6.80. The van der Waals surface area contributed by atoms with Gasteiger partial charge in [-0.1, -0.05) is 19.8 Å². The second kappa shape index (κ2) is 4.06. The van der Waals surface area contributed by atoms with Crippen molar-refractivity contribution in [3.63, 3.8) is 0 Å². The summed E-state index contributed by atoms with van der Waals surface area (Å²) in [6.45, 7) is 4.21. The smallest absolute Gasteiger partial charge is 0.303 e. The molecule has 3 heteroatoms. The molecule has 1 aliphatic heterocycles. The fourth-order valence-corrected chi connectivity index (χ4v) is 3.89. The first-order valence-electron chi connectivity index (χ1n) is 4.79. The third-order valence-corrected chi connectivity index (χ3v) is 5.09. The van der Waals surface area contributed by atoms with Gasteiger partial charge in [-0.3, -0.25) is 0 Å². The van der Waals surface area contributed by atoms with Gasteiger partial charge in [0, 0.05) is 6.10 Å². The lowest BCUT2D eigenvalue weighted by atomic mass is 10.1. The van der Waals surface area contributed by atoms with Crippen LogP contribution in [0.25, 0.3) is 0 Å². The number of hydrogen-bond donors (Lipinski definition) is 0. The fourth-order valence-electron chi connectivity index (χ4n) is 1.76. The number of rotatable bonds is 2. The van der Waals surface area contributed by atoms with E-state index in [1.54, 1.807) is 0 Å². The molecule has 0 saturated carbocycles. The summed E-state index contributed by atoms with van der Waals surface area (Å²) in [6, 6.07) is 1.03. The lowest BCUT2D eigenvalue weighted by molar-refractivity contribution is 0.154. The molecular weight excluding hydrogens is 166 g/mol. The van der Waals surface area contributed by atoms with Crippen molar-refractivity contribution in [2.75, 3.05) is 0 Å². The van der Waals surface area contributed by atoms with Crippen molar-refractivity contribution in [3.05, 3.63) is 0 Å². The highest BCUT2D eigenvalue weighted by atomic mass is 28.4. The van der Waals surface area contributed by atoms with E-state index in [-0.39, 0.29) is 0 Å². The molecule has 2 nitrogen and oxygen atoms in total. The minimum absolute atomic E-state index is 0.389. The molecule has 2 unspecified atom stereocenters. The Morgan fingerprint density at radius 1 is 1.67 bits per heavy atom. The van der Waals surface area contributed by atoms with Gasteiger partial charge in [-0.15, -0.1) is 0 Å². The van der Waals surface area contributed by atoms with E-state index in [2.05, 4.69) is 12.6 Å². The highest BCUT2D eigenvalue weighted by Gasteiger charge is 2.35. The molecule has 0 aromatic heterocycles. The first-order valence-corrected chi connectivity index (χ1v) is 7.41. The maximum Gasteiger partial charge on any atom is 0.303 e. The maximum atomic E-state index is 8.92. The summed E-state index contributed by atoms with van der Waals surface area (Å²) in [7, 11) is -1.91. The molecule has 1 saturated heterocycles. The van der Waals surface area contributed by atoms with Crippen molar-refractivity contribution >= 4 is 8.32 Å². The standard InChI is InChI=1S/C9H17NOSi/c1-3-5-9-6-4-7-12(2,8-10)11-9/h9H,3-7H2,1-2H3. The minimum atomic E-state index is -1.91. The minimum Gasteiger partial charge on any atom is -0.401 e. The summed E-state index contributed by atoms with van der Waals surface area (Å²) in [4.78, 5) is 0. The Balaban J connectivity index is 2.46. The second-order valence-electron chi connectivity index (χ2n) is 3.76. The van der Waals surface area contributed by atoms with Crippen molar-refractivity contribution < 1.29 is 4.43 Å². The van der Waals surface area contributed by atoms with E-state index in [1.165, 1.54) is 12.8 Å². The Labute approximate surface area is 75.7 Å². The molecule has 1 heterocycles. The van der Waals surface area contributed by atoms with Crippen LogP contribution in [-0.2, 0) is 4.43 Å². The highest BCUT2D eigenvalue weighted by Crippen LogP contribution is 2.27. The van der Waals surface area contributed by atoms with Gasteiger partial charge >= 0.3 is 8.32 Å². The number of nitrogens with zero attached hydrogens (tertiary/aromatic N) is 1. The molecule has 0 N–H and O–H groups in total. The first kappa shape index (κ1) is 9.75. The van der Waals surface area contributed by atoms with Gasteiger partial charge in [0.2, 0.25) is 0 Å². The molecule has 0 aromatic rings. The van der Waals surface area contributed by atoms with Crippen LogP contribution in [0, 0.1) is 11.0 Å². The van der Waals surface area contributed by atoms with Crippen LogP contribution in [0.15, 0.2) is 0 Å². The van der Waals surface area contributed by atoms with Crippen LogP contribution in [0.2, 0.25) is 12.6 Å². The van der Waals surface area contributed by atoms with E-state index >= 15 is 0 Å². The van der Waals surface area contributed by atoms with Crippen molar-refractivity contribution in [2.45, 2.75) is 51.3 Å². The summed E-state index contributed by atoms with van der Waals surface area (Å²) >= 11 is 0. The summed E-state index contributed by atoms with van der Waals surface area (Å²) in [6.07, 6.45) is 5.05. The Bertz CT molecular complexity index is 187. The molecule has 12 heavy (non-hydrogen) atoms. The zero-order chi connectivity index (χ0) is 9.03. The zero-order valence-electron chi connectivity index (χ0n) is 7.97. The Hall–Kier alpha value is -0.333. The molecule has 0 radical (unpaired) electrons.